The van der Waals surface area contributed by atoms with Crippen molar-refractivity contribution in [1.29, 1.82) is 5.26 Å². The van der Waals surface area contributed by atoms with Gasteiger partial charge in [0.25, 0.3) is 11.5 Å². The summed E-state index contributed by atoms with van der Waals surface area (Å²) in [4.78, 5) is 32.8. The first kappa shape index (κ1) is 23.7. The molecular formula is C24H28FN9O2. The Kier molecular flexibility index (Phi) is 6.56. The van der Waals surface area contributed by atoms with Gasteiger partial charge in [-0.25, -0.2) is 9.37 Å². The molecule has 11 nitrogen and oxygen atoms in total. The van der Waals surface area contributed by atoms with Crippen LogP contribution in [0.3, 0.4) is 0 Å². The molecule has 0 bridgehead atoms. The number of piperidine rings is 1. The van der Waals surface area contributed by atoms with E-state index in [4.69, 9.17) is 5.26 Å². The van der Waals surface area contributed by atoms with Crippen LogP contribution in [-0.4, -0.2) is 68.9 Å². The number of carbonyl (C=O) groups excluding carboxylic acids is 1. The molecule has 1 saturated carbocycles. The highest BCUT2D eigenvalue weighted by molar-refractivity contribution is 6.00. The third-order valence-electron chi connectivity index (χ3n) is 6.73. The van der Waals surface area contributed by atoms with Crippen LogP contribution in [0.15, 0.2) is 35.4 Å². The van der Waals surface area contributed by atoms with Crippen molar-refractivity contribution in [3.05, 3.63) is 46.5 Å². The Bertz CT molecular complexity index is 1370. The summed E-state index contributed by atoms with van der Waals surface area (Å²) in [5, 5.41) is 21.8. The Morgan fingerprint density at radius 1 is 1.33 bits per heavy atom. The molecule has 1 saturated heterocycles. The van der Waals surface area contributed by atoms with Crippen LogP contribution < -0.4 is 21.5 Å². The molecule has 1 aliphatic carbocycles. The van der Waals surface area contributed by atoms with Gasteiger partial charge in [-0.2, -0.15) is 14.9 Å². The molecule has 4 heterocycles. The predicted octanol–water partition coefficient (Wildman–Crippen LogP) is 2.07. The molecule has 0 unspecified atom stereocenters. The molecule has 0 aromatic carbocycles. The van der Waals surface area contributed by atoms with Gasteiger partial charge in [0.1, 0.15) is 29.1 Å². The quantitative estimate of drug-likeness (QED) is 0.435. The second-order valence-corrected chi connectivity index (χ2v) is 9.14. The number of rotatable bonds is 8. The van der Waals surface area contributed by atoms with Gasteiger partial charge in [0.2, 0.25) is 0 Å². The number of amides is 1. The maximum Gasteiger partial charge on any atom is 0.274 e. The zero-order valence-electron chi connectivity index (χ0n) is 19.9. The highest BCUT2D eigenvalue weighted by Gasteiger charge is 2.39. The largest absolute Gasteiger partial charge is 0.373 e. The van der Waals surface area contributed by atoms with E-state index in [1.807, 2.05) is 6.07 Å². The number of anilines is 3. The molecule has 2 aliphatic rings. The van der Waals surface area contributed by atoms with E-state index in [0.29, 0.717) is 35.8 Å². The molecule has 0 spiro atoms. The van der Waals surface area contributed by atoms with Gasteiger partial charge in [-0.1, -0.05) is 0 Å². The van der Waals surface area contributed by atoms with Crippen molar-refractivity contribution in [1.82, 2.24) is 29.4 Å². The van der Waals surface area contributed by atoms with Crippen molar-refractivity contribution in [2.75, 3.05) is 37.3 Å². The predicted molar refractivity (Wildman–Crippen MR) is 132 cm³/mol. The average Bonchev–Trinajstić information content (AvgIpc) is 3.40. The summed E-state index contributed by atoms with van der Waals surface area (Å²) in [6.45, 7) is 2.44. The fourth-order valence-electron chi connectivity index (χ4n) is 4.58. The van der Waals surface area contributed by atoms with E-state index in [1.54, 1.807) is 29.9 Å². The summed E-state index contributed by atoms with van der Waals surface area (Å²) in [6.07, 6.45) is 4.67. The summed E-state index contributed by atoms with van der Waals surface area (Å²) in [5.74, 6) is 0.500. The molecule has 5 rings (SSSR count). The summed E-state index contributed by atoms with van der Waals surface area (Å²) >= 11 is 0. The normalized spacial score (nSPS) is 20.1. The van der Waals surface area contributed by atoms with E-state index in [2.05, 4.69) is 37.0 Å². The first-order chi connectivity index (χ1) is 17.5. The molecule has 0 radical (unpaired) electrons. The Balaban J connectivity index is 1.38. The fraction of sp³-hybridized carbons (Fsp3) is 0.458. The number of likely N-dealkylation sites (tertiary alicyclic amines) is 1. The monoisotopic (exact) mass is 493 g/mol. The topological polar surface area (TPSA) is 132 Å². The lowest BCUT2D eigenvalue weighted by Crippen LogP contribution is -2.38. The number of nitrogens with one attached hydrogen (secondary N) is 3. The molecule has 3 N–H and O–H groups in total. The molecule has 3 aromatic rings. The van der Waals surface area contributed by atoms with E-state index in [-0.39, 0.29) is 17.2 Å². The minimum absolute atomic E-state index is 0.0766. The van der Waals surface area contributed by atoms with Gasteiger partial charge in [-0.3, -0.25) is 9.59 Å². The zero-order chi connectivity index (χ0) is 25.2. The molecule has 188 valence electrons. The van der Waals surface area contributed by atoms with Gasteiger partial charge >= 0.3 is 0 Å². The summed E-state index contributed by atoms with van der Waals surface area (Å²) in [7, 11) is 1.72. The molecular weight excluding hydrogens is 465 g/mol. The van der Waals surface area contributed by atoms with Crippen molar-refractivity contribution in [3.63, 3.8) is 0 Å². The van der Waals surface area contributed by atoms with Gasteiger partial charge in [0.05, 0.1) is 18.3 Å². The number of fused-ring (bicyclic) bond motifs is 1. The van der Waals surface area contributed by atoms with Gasteiger partial charge in [0.15, 0.2) is 5.65 Å². The van der Waals surface area contributed by atoms with Crippen LogP contribution >= 0.6 is 0 Å². The number of hydrogen-bond donors (Lipinski definition) is 3. The first-order valence-corrected chi connectivity index (χ1v) is 12.1. The number of carbonyl (C=O) groups is 1. The van der Waals surface area contributed by atoms with Crippen molar-refractivity contribution in [2.24, 2.45) is 0 Å². The van der Waals surface area contributed by atoms with E-state index < -0.39 is 18.1 Å². The van der Waals surface area contributed by atoms with Crippen molar-refractivity contribution < 1.29 is 9.18 Å². The number of hydrogen-bond acceptors (Lipinski definition) is 8. The van der Waals surface area contributed by atoms with Crippen LogP contribution in [0, 0.1) is 11.3 Å². The van der Waals surface area contributed by atoms with Crippen LogP contribution in [0.2, 0.25) is 0 Å². The number of nitriles is 1. The standard InChI is InChI=1S/C24H28FN9O2/c1-27-21-13-20(31-22-16(14-28-34(21)22)23(35)30-19-12-17(19)25)29-18-4-2-9-33(24(18)36)15-5-10-32(11-6-15)8-3-7-26/h2,4,9,13-15,17,19,27H,3,5-6,8,10-12H2,1H3,(H,29,31)(H,30,35)/t17-,19+/m1/s1. The van der Waals surface area contributed by atoms with Crippen molar-refractivity contribution in [3.8, 4) is 6.07 Å². The Morgan fingerprint density at radius 2 is 2.11 bits per heavy atom. The van der Waals surface area contributed by atoms with Crippen molar-refractivity contribution >= 4 is 28.9 Å². The van der Waals surface area contributed by atoms with E-state index in [0.717, 1.165) is 32.5 Å². The Hall–Kier alpha value is -3.98. The van der Waals surface area contributed by atoms with Crippen LogP contribution in [-0.2, 0) is 0 Å². The summed E-state index contributed by atoms with van der Waals surface area (Å²) in [6, 6.07) is 7.00. The van der Waals surface area contributed by atoms with Crippen LogP contribution in [0.1, 0.15) is 42.1 Å². The first-order valence-electron chi connectivity index (χ1n) is 12.1. The Morgan fingerprint density at radius 3 is 2.81 bits per heavy atom. The molecule has 1 amide bonds. The maximum absolute atomic E-state index is 13.3. The Labute approximate surface area is 206 Å². The van der Waals surface area contributed by atoms with Gasteiger partial charge in [-0.05, 0) is 25.0 Å². The number of pyridine rings is 1. The molecule has 3 aromatic heterocycles. The number of alkyl halides is 1. The minimum Gasteiger partial charge on any atom is -0.373 e. The number of aromatic nitrogens is 4. The van der Waals surface area contributed by atoms with Crippen LogP contribution in [0.4, 0.5) is 21.7 Å². The lowest BCUT2D eigenvalue weighted by Gasteiger charge is -2.32. The van der Waals surface area contributed by atoms with E-state index >= 15 is 0 Å². The maximum atomic E-state index is 13.3. The summed E-state index contributed by atoms with van der Waals surface area (Å²) < 4.78 is 16.5. The highest BCUT2D eigenvalue weighted by Crippen LogP contribution is 2.27. The molecule has 1 aliphatic heterocycles. The molecule has 2 fully saturated rings. The lowest BCUT2D eigenvalue weighted by atomic mass is 10.0. The lowest BCUT2D eigenvalue weighted by molar-refractivity contribution is 0.0949. The molecule has 12 heteroatoms. The number of halogens is 1. The zero-order valence-corrected chi connectivity index (χ0v) is 19.9. The van der Waals surface area contributed by atoms with E-state index in [1.165, 1.54) is 10.7 Å². The van der Waals surface area contributed by atoms with E-state index in [9.17, 15) is 14.0 Å². The third-order valence-corrected chi connectivity index (χ3v) is 6.73. The van der Waals surface area contributed by atoms with Crippen LogP contribution in [0.25, 0.3) is 5.65 Å². The SMILES string of the molecule is CNc1cc(Nc2cccn(C3CCN(CCC#N)CC3)c2=O)nc2c(C(=O)N[C@H]3C[C@H]3F)cnn12. The number of nitrogens with zero attached hydrogens (tertiary/aromatic N) is 6. The minimum atomic E-state index is -1.01. The molecule has 2 atom stereocenters. The van der Waals surface area contributed by atoms with Gasteiger partial charge < -0.3 is 25.4 Å². The fourth-order valence-corrected chi connectivity index (χ4v) is 4.58. The van der Waals surface area contributed by atoms with Gasteiger partial charge in [-0.15, -0.1) is 0 Å². The third kappa shape index (κ3) is 4.74. The average molecular weight is 494 g/mol. The highest BCUT2D eigenvalue weighted by atomic mass is 19.1. The summed E-state index contributed by atoms with van der Waals surface area (Å²) in [5.41, 5.74) is 0.726. The van der Waals surface area contributed by atoms with Crippen LogP contribution in [0.5, 0.6) is 0 Å². The van der Waals surface area contributed by atoms with Crippen molar-refractivity contribution in [2.45, 2.75) is 43.9 Å². The second kappa shape index (κ2) is 9.94. The molecule has 36 heavy (non-hydrogen) atoms. The van der Waals surface area contributed by atoms with Gasteiger partial charge in [0, 0.05) is 57.8 Å². The smallest absolute Gasteiger partial charge is 0.274 e. The second-order valence-electron chi connectivity index (χ2n) is 9.14.